The summed E-state index contributed by atoms with van der Waals surface area (Å²) in [5, 5.41) is 21.3. The molecule has 1 aliphatic carbocycles. The lowest BCUT2D eigenvalue weighted by molar-refractivity contribution is -0.139. The second-order valence-corrected chi connectivity index (χ2v) is 15.5. The van der Waals surface area contributed by atoms with E-state index in [0.717, 1.165) is 16.7 Å². The van der Waals surface area contributed by atoms with Crippen molar-refractivity contribution < 1.29 is 33.8 Å². The van der Waals surface area contributed by atoms with Crippen molar-refractivity contribution in [1.82, 2.24) is 26.4 Å². The second-order valence-electron chi connectivity index (χ2n) is 15.5. The molecule has 2 aromatic carbocycles. The quantitative estimate of drug-likeness (QED) is 0.201. The largest absolute Gasteiger partial charge is 0.453 e. The van der Waals surface area contributed by atoms with Gasteiger partial charge in [-0.05, 0) is 61.6 Å². The number of rotatable bonds is 12. The zero-order valence-electron chi connectivity index (χ0n) is 30.5. The Morgan fingerprint density at radius 3 is 2.04 bits per heavy atom. The van der Waals surface area contributed by atoms with E-state index in [9.17, 15) is 24.3 Å². The van der Waals surface area contributed by atoms with E-state index in [4.69, 9.17) is 9.47 Å². The van der Waals surface area contributed by atoms with E-state index >= 15 is 0 Å². The van der Waals surface area contributed by atoms with Crippen LogP contribution in [0.3, 0.4) is 0 Å². The minimum absolute atomic E-state index is 0.0282. The Hall–Kier alpha value is -4.16. The summed E-state index contributed by atoms with van der Waals surface area (Å²) in [7, 11) is 1.23. The van der Waals surface area contributed by atoms with Crippen LogP contribution in [0.4, 0.5) is 9.59 Å². The number of carbonyl (C=O) groups excluding carboxylic acids is 4. The molecule has 49 heavy (non-hydrogen) atoms. The standard InChI is InChI=1S/C37H55N5O7/c1-23(38-31(44)27-20-29(37(27,8)9)39-34(47)49-36(5,6)7)28(43)22-42(41-32(45)30(35(2,3)4)40-33(46)48-10)21-24-16-18-26(19-17-24)25-14-12-11-13-15-25/h11-19,23,27-30,43H,20-22H2,1-10H3,(H,38,44)(H,39,47)(H,40,46)(H,41,45). The molecule has 5 N–H and O–H groups in total. The SMILES string of the molecule is COC(=O)NC(C(=O)NN(Cc1ccc(-c2ccccc2)cc1)CC(O)C(C)NC(=O)C1CC(NC(=O)OC(C)(C)C)C1(C)C)C(C)(C)C. The summed E-state index contributed by atoms with van der Waals surface area (Å²) < 4.78 is 10.1. The molecule has 1 aliphatic rings. The van der Waals surface area contributed by atoms with Crippen molar-refractivity contribution in [2.75, 3.05) is 13.7 Å². The molecule has 270 valence electrons. The number of methoxy groups -OCH3 is 1. The molecule has 0 radical (unpaired) electrons. The van der Waals surface area contributed by atoms with E-state index in [1.807, 2.05) is 89.2 Å². The van der Waals surface area contributed by atoms with E-state index in [1.54, 1.807) is 32.7 Å². The van der Waals surface area contributed by atoms with Crippen molar-refractivity contribution in [3.8, 4) is 11.1 Å². The molecule has 1 saturated carbocycles. The number of hydrogen-bond donors (Lipinski definition) is 5. The van der Waals surface area contributed by atoms with Crippen molar-refractivity contribution >= 4 is 24.0 Å². The fraction of sp³-hybridized carbons (Fsp3) is 0.568. The zero-order chi connectivity index (χ0) is 36.7. The molecule has 0 aromatic heterocycles. The Kier molecular flexibility index (Phi) is 12.9. The third-order valence-electron chi connectivity index (χ3n) is 8.91. The molecule has 0 bridgehead atoms. The smallest absolute Gasteiger partial charge is 0.407 e. The Morgan fingerprint density at radius 1 is 0.918 bits per heavy atom. The number of carbonyl (C=O) groups is 4. The zero-order valence-corrected chi connectivity index (χ0v) is 30.5. The Bertz CT molecular complexity index is 1430. The normalized spacial score (nSPS) is 19.0. The van der Waals surface area contributed by atoms with Gasteiger partial charge in [-0.2, -0.15) is 0 Å². The fourth-order valence-electron chi connectivity index (χ4n) is 5.75. The Morgan fingerprint density at radius 2 is 1.51 bits per heavy atom. The van der Waals surface area contributed by atoms with Gasteiger partial charge in [-0.15, -0.1) is 0 Å². The number of aliphatic hydroxyl groups excluding tert-OH is 1. The van der Waals surface area contributed by atoms with Crippen LogP contribution in [0.1, 0.15) is 74.3 Å². The molecule has 0 heterocycles. The first-order valence-electron chi connectivity index (χ1n) is 16.7. The van der Waals surface area contributed by atoms with Crippen LogP contribution in [0.15, 0.2) is 54.6 Å². The molecule has 3 rings (SSSR count). The summed E-state index contributed by atoms with van der Waals surface area (Å²) >= 11 is 0. The van der Waals surface area contributed by atoms with E-state index in [-0.39, 0.29) is 25.0 Å². The van der Waals surface area contributed by atoms with Crippen LogP contribution < -0.4 is 21.4 Å². The van der Waals surface area contributed by atoms with Gasteiger partial charge in [0.15, 0.2) is 0 Å². The first-order chi connectivity index (χ1) is 22.7. The minimum atomic E-state index is -1.08. The van der Waals surface area contributed by atoms with E-state index in [2.05, 4.69) is 21.4 Å². The fourth-order valence-corrected chi connectivity index (χ4v) is 5.75. The number of aliphatic hydroxyl groups is 1. The highest BCUT2D eigenvalue weighted by molar-refractivity contribution is 5.86. The van der Waals surface area contributed by atoms with Crippen molar-refractivity contribution in [3.63, 3.8) is 0 Å². The first kappa shape index (κ1) is 39.3. The number of alkyl carbamates (subject to hydrolysis) is 2. The monoisotopic (exact) mass is 681 g/mol. The molecule has 12 heteroatoms. The van der Waals surface area contributed by atoms with Gasteiger partial charge in [0.25, 0.3) is 5.91 Å². The highest BCUT2D eigenvalue weighted by Gasteiger charge is 2.53. The van der Waals surface area contributed by atoms with Gasteiger partial charge in [0, 0.05) is 25.0 Å². The first-order valence-corrected chi connectivity index (χ1v) is 16.7. The van der Waals surface area contributed by atoms with Crippen molar-refractivity contribution in [3.05, 3.63) is 60.2 Å². The van der Waals surface area contributed by atoms with Gasteiger partial charge in [0.2, 0.25) is 5.91 Å². The van der Waals surface area contributed by atoms with Crippen molar-refractivity contribution in [2.45, 2.75) is 105 Å². The van der Waals surface area contributed by atoms with E-state index in [1.165, 1.54) is 7.11 Å². The van der Waals surface area contributed by atoms with Crippen molar-refractivity contribution in [2.24, 2.45) is 16.7 Å². The maximum Gasteiger partial charge on any atom is 0.407 e. The number of nitrogens with one attached hydrogen (secondary N) is 4. The van der Waals surface area contributed by atoms with Crippen LogP contribution in [-0.4, -0.2) is 77.6 Å². The molecular weight excluding hydrogens is 626 g/mol. The number of nitrogens with zero attached hydrogens (tertiary/aromatic N) is 1. The van der Waals surface area contributed by atoms with Crippen LogP contribution in [0.25, 0.3) is 11.1 Å². The maximum absolute atomic E-state index is 13.6. The van der Waals surface area contributed by atoms with Gasteiger partial charge in [0.1, 0.15) is 11.6 Å². The highest BCUT2D eigenvalue weighted by Crippen LogP contribution is 2.46. The van der Waals surface area contributed by atoms with Gasteiger partial charge in [-0.25, -0.2) is 14.6 Å². The Labute approximate surface area is 290 Å². The van der Waals surface area contributed by atoms with Crippen LogP contribution in [0.5, 0.6) is 0 Å². The van der Waals surface area contributed by atoms with Gasteiger partial charge in [-0.3, -0.25) is 15.0 Å². The Balaban J connectivity index is 1.72. The highest BCUT2D eigenvalue weighted by atomic mass is 16.6. The number of ether oxygens (including phenoxy) is 2. The van der Waals surface area contributed by atoms with Gasteiger partial charge < -0.3 is 30.5 Å². The second kappa shape index (κ2) is 16.0. The summed E-state index contributed by atoms with van der Waals surface area (Å²) in [6.45, 7) is 16.6. The molecule has 0 aliphatic heterocycles. The number of amides is 4. The summed E-state index contributed by atoms with van der Waals surface area (Å²) in [4.78, 5) is 51.4. The van der Waals surface area contributed by atoms with Crippen LogP contribution >= 0.6 is 0 Å². The maximum atomic E-state index is 13.6. The number of benzene rings is 2. The van der Waals surface area contributed by atoms with Crippen LogP contribution in [-0.2, 0) is 25.6 Å². The predicted molar refractivity (Wildman–Crippen MR) is 188 cm³/mol. The van der Waals surface area contributed by atoms with Gasteiger partial charge in [-0.1, -0.05) is 89.2 Å². The lowest BCUT2D eigenvalue weighted by Gasteiger charge is -2.51. The summed E-state index contributed by atoms with van der Waals surface area (Å²) in [5.74, 6) is -1.11. The van der Waals surface area contributed by atoms with Crippen LogP contribution in [0.2, 0.25) is 0 Å². The molecule has 5 unspecified atom stereocenters. The lowest BCUT2D eigenvalue weighted by Crippen LogP contribution is -2.64. The van der Waals surface area contributed by atoms with Crippen molar-refractivity contribution in [1.29, 1.82) is 0 Å². The number of hydrogen-bond acceptors (Lipinski definition) is 8. The third kappa shape index (κ3) is 11.2. The minimum Gasteiger partial charge on any atom is -0.453 e. The molecule has 5 atom stereocenters. The van der Waals surface area contributed by atoms with Gasteiger partial charge >= 0.3 is 12.2 Å². The summed E-state index contributed by atoms with van der Waals surface area (Å²) in [6.07, 6.45) is -1.91. The molecule has 2 aromatic rings. The van der Waals surface area contributed by atoms with Crippen LogP contribution in [0, 0.1) is 16.7 Å². The molecule has 12 nitrogen and oxygen atoms in total. The summed E-state index contributed by atoms with van der Waals surface area (Å²) in [5.41, 5.74) is 4.04. The van der Waals surface area contributed by atoms with E-state index < -0.39 is 58.6 Å². The third-order valence-corrected chi connectivity index (χ3v) is 8.91. The lowest BCUT2D eigenvalue weighted by atomic mass is 9.58. The average Bonchev–Trinajstić information content (AvgIpc) is 3.00. The van der Waals surface area contributed by atoms with E-state index in [0.29, 0.717) is 6.42 Å². The molecule has 0 saturated heterocycles. The topological polar surface area (TPSA) is 158 Å². The molecule has 0 spiro atoms. The predicted octanol–water partition coefficient (Wildman–Crippen LogP) is 4.76. The summed E-state index contributed by atoms with van der Waals surface area (Å²) in [6, 6.07) is 16.0. The van der Waals surface area contributed by atoms with Gasteiger partial charge in [0.05, 0.1) is 19.3 Å². The molecular formula is C37H55N5O7. The average molecular weight is 682 g/mol. The molecule has 4 amide bonds. The number of hydrazine groups is 1. The molecule has 1 fully saturated rings.